The smallest absolute Gasteiger partial charge is 0.332 e. The number of methoxy groups -OCH3 is 2. The van der Waals surface area contributed by atoms with Crippen molar-refractivity contribution in [2.45, 2.75) is 38.9 Å². The number of carbonyl (C=O) groups is 2. The molecule has 0 aliphatic carbocycles. The molecule has 0 saturated carbocycles. The summed E-state index contributed by atoms with van der Waals surface area (Å²) in [5.41, 5.74) is -0.605. The van der Waals surface area contributed by atoms with Crippen LogP contribution >= 0.6 is 22.6 Å². The highest BCUT2D eigenvalue weighted by molar-refractivity contribution is 14.1. The number of nitrogens with one attached hydrogen (secondary N) is 2. The molecular formula is C27H32IN5O6. The van der Waals surface area contributed by atoms with E-state index in [4.69, 9.17) is 9.47 Å². The van der Waals surface area contributed by atoms with Gasteiger partial charge in [0.25, 0.3) is 5.56 Å². The lowest BCUT2D eigenvalue weighted by Gasteiger charge is -2.23. The molecule has 2 amide bonds. The first-order chi connectivity index (χ1) is 18.8. The lowest BCUT2D eigenvalue weighted by molar-refractivity contribution is -0.122. The Morgan fingerprint density at radius 1 is 1.03 bits per heavy atom. The molecule has 4 rings (SSSR count). The quantitative estimate of drug-likeness (QED) is 0.323. The van der Waals surface area contributed by atoms with Crippen LogP contribution in [-0.4, -0.2) is 65.7 Å². The van der Waals surface area contributed by atoms with Crippen LogP contribution < -0.4 is 31.4 Å². The number of carbonyl (C=O) groups excluding carboxylic acids is 2. The topological polar surface area (TPSA) is 124 Å². The molecule has 0 unspecified atom stereocenters. The highest BCUT2D eigenvalue weighted by atomic mass is 127. The summed E-state index contributed by atoms with van der Waals surface area (Å²) in [5.74, 6) is 0.0507. The SMILES string of the molecule is CCN1CCC[C@@H]1CNC(=O)Cn1c(=O)c2ccccc2n(CC(=O)Nc2cc(I)c(OC)cc2OC)c1=O. The van der Waals surface area contributed by atoms with Crippen molar-refractivity contribution in [2.24, 2.45) is 0 Å². The van der Waals surface area contributed by atoms with E-state index in [0.29, 0.717) is 29.2 Å². The van der Waals surface area contributed by atoms with Crippen molar-refractivity contribution in [1.29, 1.82) is 0 Å². The van der Waals surface area contributed by atoms with Crippen molar-refractivity contribution in [3.05, 3.63) is 60.8 Å². The number of amides is 2. The summed E-state index contributed by atoms with van der Waals surface area (Å²) in [6, 6.07) is 10.1. The second-order valence-electron chi connectivity index (χ2n) is 9.24. The Morgan fingerprint density at radius 2 is 1.74 bits per heavy atom. The Labute approximate surface area is 239 Å². The van der Waals surface area contributed by atoms with Gasteiger partial charge >= 0.3 is 5.69 Å². The second-order valence-corrected chi connectivity index (χ2v) is 10.4. The minimum absolute atomic E-state index is 0.238. The van der Waals surface area contributed by atoms with Gasteiger partial charge in [0.15, 0.2) is 0 Å². The average Bonchev–Trinajstić information content (AvgIpc) is 3.40. The van der Waals surface area contributed by atoms with E-state index in [2.05, 4.69) is 45.0 Å². The minimum Gasteiger partial charge on any atom is -0.496 e. The van der Waals surface area contributed by atoms with Crippen molar-refractivity contribution in [1.82, 2.24) is 19.4 Å². The molecule has 208 valence electrons. The van der Waals surface area contributed by atoms with Crippen molar-refractivity contribution in [2.75, 3.05) is 39.2 Å². The maximum atomic E-state index is 13.5. The first-order valence-corrected chi connectivity index (χ1v) is 13.8. The highest BCUT2D eigenvalue weighted by Crippen LogP contribution is 2.33. The zero-order chi connectivity index (χ0) is 28.1. The number of aromatic nitrogens is 2. The Morgan fingerprint density at radius 3 is 2.46 bits per heavy atom. The van der Waals surface area contributed by atoms with Crippen LogP contribution in [0.15, 0.2) is 46.0 Å². The van der Waals surface area contributed by atoms with Crippen LogP contribution in [-0.2, 0) is 22.7 Å². The molecule has 1 atom stereocenters. The number of nitrogens with zero attached hydrogens (tertiary/aromatic N) is 3. The molecule has 2 aromatic carbocycles. The van der Waals surface area contributed by atoms with Crippen LogP contribution in [0.1, 0.15) is 19.8 Å². The fraction of sp³-hybridized carbons (Fsp3) is 0.407. The van der Waals surface area contributed by atoms with Gasteiger partial charge < -0.3 is 20.1 Å². The number of likely N-dealkylation sites (tertiary alicyclic amines) is 1. The third-order valence-corrected chi connectivity index (χ3v) is 7.77. The Hall–Kier alpha value is -3.39. The molecule has 3 aromatic rings. The number of hydrogen-bond acceptors (Lipinski definition) is 7. The minimum atomic E-state index is -0.740. The van der Waals surface area contributed by atoms with Gasteiger partial charge in [-0.2, -0.15) is 0 Å². The lowest BCUT2D eigenvalue weighted by Crippen LogP contribution is -2.46. The first kappa shape index (κ1) is 28.6. The number of hydrogen-bond donors (Lipinski definition) is 2. The third kappa shape index (κ3) is 6.27. The van der Waals surface area contributed by atoms with Crippen molar-refractivity contribution in [3.8, 4) is 11.5 Å². The highest BCUT2D eigenvalue weighted by Gasteiger charge is 2.24. The molecule has 0 spiro atoms. The van der Waals surface area contributed by atoms with Gasteiger partial charge in [-0.05, 0) is 66.7 Å². The average molecular weight is 649 g/mol. The summed E-state index contributed by atoms with van der Waals surface area (Å²) in [6.45, 7) is 3.62. The van der Waals surface area contributed by atoms with E-state index in [1.54, 1.807) is 36.4 Å². The van der Waals surface area contributed by atoms with Crippen LogP contribution in [0.3, 0.4) is 0 Å². The molecule has 0 radical (unpaired) electrons. The molecule has 2 N–H and O–H groups in total. The third-order valence-electron chi connectivity index (χ3n) is 6.92. The molecule has 2 heterocycles. The van der Waals surface area contributed by atoms with Crippen LogP contribution in [0.25, 0.3) is 10.9 Å². The standard InChI is InChI=1S/C27H32IN5O6/c1-4-31-11-7-8-17(31)14-29-24(34)15-33-26(36)18-9-5-6-10-21(18)32(27(33)37)16-25(35)30-20-12-19(28)22(38-2)13-23(20)39-3/h5-6,9-10,12-13,17H,4,7-8,11,14-16H2,1-3H3,(H,29,34)(H,30,35)/t17-/m1/s1. The normalized spacial score (nSPS) is 15.3. The van der Waals surface area contributed by atoms with E-state index in [0.717, 1.165) is 34.1 Å². The molecule has 12 heteroatoms. The molecule has 1 aliphatic heterocycles. The van der Waals surface area contributed by atoms with Crippen molar-refractivity contribution >= 4 is 51.0 Å². The van der Waals surface area contributed by atoms with Gasteiger partial charge in [-0.3, -0.25) is 28.4 Å². The number of benzene rings is 2. The van der Waals surface area contributed by atoms with Gasteiger partial charge in [-0.25, -0.2) is 4.79 Å². The second kappa shape index (κ2) is 12.6. The largest absolute Gasteiger partial charge is 0.496 e. The number of halogens is 1. The predicted molar refractivity (Wildman–Crippen MR) is 157 cm³/mol. The molecule has 11 nitrogen and oxygen atoms in total. The number of para-hydroxylation sites is 1. The summed E-state index contributed by atoms with van der Waals surface area (Å²) < 4.78 is 13.5. The maximum absolute atomic E-state index is 13.5. The van der Waals surface area contributed by atoms with Crippen LogP contribution in [0.5, 0.6) is 11.5 Å². The van der Waals surface area contributed by atoms with Crippen LogP contribution in [0.2, 0.25) is 0 Å². The molecule has 1 saturated heterocycles. The van der Waals surface area contributed by atoms with E-state index in [-0.39, 0.29) is 18.0 Å². The summed E-state index contributed by atoms with van der Waals surface area (Å²) in [6.07, 6.45) is 2.07. The molecule has 1 aliphatic rings. The van der Waals surface area contributed by atoms with Gasteiger partial charge in [0, 0.05) is 18.7 Å². The number of anilines is 1. The summed E-state index contributed by atoms with van der Waals surface area (Å²) >= 11 is 2.08. The van der Waals surface area contributed by atoms with E-state index in [1.165, 1.54) is 18.8 Å². The van der Waals surface area contributed by atoms with Gasteiger partial charge in [0.1, 0.15) is 24.6 Å². The van der Waals surface area contributed by atoms with Crippen molar-refractivity contribution < 1.29 is 19.1 Å². The van der Waals surface area contributed by atoms with Gasteiger partial charge in [-0.1, -0.05) is 19.1 Å². The molecule has 1 aromatic heterocycles. The molecule has 39 heavy (non-hydrogen) atoms. The summed E-state index contributed by atoms with van der Waals surface area (Å²) in [7, 11) is 3.01. The Bertz CT molecular complexity index is 1500. The lowest BCUT2D eigenvalue weighted by atomic mass is 10.2. The molecule has 0 bridgehead atoms. The zero-order valence-electron chi connectivity index (χ0n) is 22.2. The molecular weight excluding hydrogens is 617 g/mol. The summed E-state index contributed by atoms with van der Waals surface area (Å²) in [4.78, 5) is 54.8. The van der Waals surface area contributed by atoms with Gasteiger partial charge in [-0.15, -0.1) is 0 Å². The fourth-order valence-corrected chi connectivity index (χ4v) is 5.62. The number of rotatable bonds is 10. The molecule has 1 fully saturated rings. The number of likely N-dealkylation sites (N-methyl/N-ethyl adjacent to an activating group) is 1. The van der Waals surface area contributed by atoms with E-state index >= 15 is 0 Å². The number of fused-ring (bicyclic) bond motifs is 1. The first-order valence-electron chi connectivity index (χ1n) is 12.7. The predicted octanol–water partition coefficient (Wildman–Crippen LogP) is 2.02. The summed E-state index contributed by atoms with van der Waals surface area (Å²) in [5, 5.41) is 5.88. The Balaban J connectivity index is 1.59. The van der Waals surface area contributed by atoms with Gasteiger partial charge in [0.2, 0.25) is 11.8 Å². The van der Waals surface area contributed by atoms with Crippen LogP contribution in [0, 0.1) is 3.57 Å². The van der Waals surface area contributed by atoms with E-state index < -0.39 is 29.6 Å². The van der Waals surface area contributed by atoms with Gasteiger partial charge in [0.05, 0.1) is 34.4 Å². The monoisotopic (exact) mass is 649 g/mol. The van der Waals surface area contributed by atoms with Crippen molar-refractivity contribution in [3.63, 3.8) is 0 Å². The van der Waals surface area contributed by atoms with E-state index in [1.807, 2.05) is 0 Å². The maximum Gasteiger partial charge on any atom is 0.332 e. The fourth-order valence-electron chi connectivity index (χ4n) is 4.93. The van der Waals surface area contributed by atoms with E-state index in [9.17, 15) is 19.2 Å². The zero-order valence-corrected chi connectivity index (χ0v) is 24.3. The Kier molecular flexibility index (Phi) is 9.28. The van der Waals surface area contributed by atoms with Crippen LogP contribution in [0.4, 0.5) is 5.69 Å². The number of ether oxygens (including phenoxy) is 2.